The molecule has 6 nitrogen and oxygen atoms in total. The summed E-state index contributed by atoms with van der Waals surface area (Å²) in [6.07, 6.45) is 2.73. The molecule has 2 aliphatic rings. The van der Waals surface area contributed by atoms with Crippen LogP contribution in [0.2, 0.25) is 0 Å². The summed E-state index contributed by atoms with van der Waals surface area (Å²) in [5.41, 5.74) is -0.334. The van der Waals surface area contributed by atoms with Crippen LogP contribution in [0.4, 0.5) is 0 Å². The summed E-state index contributed by atoms with van der Waals surface area (Å²) in [5.74, 6) is -1.20. The van der Waals surface area contributed by atoms with Crippen molar-refractivity contribution in [1.82, 2.24) is 0 Å². The van der Waals surface area contributed by atoms with Crippen molar-refractivity contribution in [2.45, 2.75) is 63.3 Å². The van der Waals surface area contributed by atoms with Crippen LogP contribution in [-0.4, -0.2) is 54.5 Å². The van der Waals surface area contributed by atoms with E-state index in [2.05, 4.69) is 11.3 Å². The van der Waals surface area contributed by atoms with Gasteiger partial charge in [-0.05, 0) is 33.6 Å². The van der Waals surface area contributed by atoms with Crippen molar-refractivity contribution >= 4 is 5.97 Å². The average molecular weight is 326 g/mol. The van der Waals surface area contributed by atoms with E-state index in [1.165, 1.54) is 13.2 Å². The van der Waals surface area contributed by atoms with Gasteiger partial charge in [0.2, 0.25) is 0 Å². The maximum atomic E-state index is 11.3. The van der Waals surface area contributed by atoms with Crippen molar-refractivity contribution in [3.05, 3.63) is 24.3 Å². The van der Waals surface area contributed by atoms with Gasteiger partial charge in [0.15, 0.2) is 5.79 Å². The van der Waals surface area contributed by atoms with Crippen molar-refractivity contribution < 1.29 is 28.8 Å². The van der Waals surface area contributed by atoms with Crippen molar-refractivity contribution in [2.75, 3.05) is 13.7 Å². The first-order valence-corrected chi connectivity index (χ1v) is 7.76. The molecule has 4 atom stereocenters. The van der Waals surface area contributed by atoms with Crippen LogP contribution in [0, 0.1) is 0 Å². The number of carbonyl (C=O) groups excluding carboxylic acids is 1. The molecule has 0 aromatic rings. The minimum absolute atomic E-state index is 0.135. The van der Waals surface area contributed by atoms with Crippen LogP contribution in [0.25, 0.3) is 0 Å². The van der Waals surface area contributed by atoms with Crippen LogP contribution in [0.15, 0.2) is 24.3 Å². The zero-order valence-electron chi connectivity index (χ0n) is 14.2. The number of hydrogen-bond acceptors (Lipinski definition) is 6. The van der Waals surface area contributed by atoms with Gasteiger partial charge in [0.05, 0.1) is 19.8 Å². The summed E-state index contributed by atoms with van der Waals surface area (Å²) in [6, 6.07) is 0. The van der Waals surface area contributed by atoms with E-state index in [0.29, 0.717) is 12.8 Å². The largest absolute Gasteiger partial charge is 0.466 e. The number of fused-ring (bicyclic) bond motifs is 1. The first-order valence-electron chi connectivity index (χ1n) is 7.76. The van der Waals surface area contributed by atoms with Gasteiger partial charge >= 0.3 is 5.97 Å². The minimum atomic E-state index is -1.16. The van der Waals surface area contributed by atoms with Crippen molar-refractivity contribution in [2.24, 2.45) is 0 Å². The molecule has 0 unspecified atom stereocenters. The monoisotopic (exact) mass is 326 g/mol. The Balaban J connectivity index is 2.17. The quantitative estimate of drug-likeness (QED) is 0.471. The summed E-state index contributed by atoms with van der Waals surface area (Å²) in [4.78, 5) is 11.3. The molecule has 0 aliphatic carbocycles. The van der Waals surface area contributed by atoms with Gasteiger partial charge in [0, 0.05) is 6.08 Å². The van der Waals surface area contributed by atoms with E-state index in [0.717, 1.165) is 5.57 Å². The first-order chi connectivity index (χ1) is 10.7. The summed E-state index contributed by atoms with van der Waals surface area (Å²) in [6.45, 7) is 9.28. The zero-order chi connectivity index (χ0) is 17.3. The Morgan fingerprint density at radius 2 is 2.13 bits per heavy atom. The first kappa shape index (κ1) is 18.1. The lowest BCUT2D eigenvalue weighted by Crippen LogP contribution is -2.59. The molecule has 23 heavy (non-hydrogen) atoms. The highest BCUT2D eigenvalue weighted by atomic mass is 16.8. The van der Waals surface area contributed by atoms with E-state index in [-0.39, 0.29) is 12.7 Å². The topological polar surface area (TPSA) is 74.2 Å². The average Bonchev–Trinajstić information content (AvgIpc) is 2.79. The Kier molecular flexibility index (Phi) is 5.30. The van der Waals surface area contributed by atoms with Crippen LogP contribution in [0.5, 0.6) is 0 Å². The highest BCUT2D eigenvalue weighted by Crippen LogP contribution is 2.42. The molecule has 0 aromatic carbocycles. The molecule has 2 rings (SSSR count). The van der Waals surface area contributed by atoms with E-state index in [1.807, 2.05) is 20.8 Å². The molecule has 2 aliphatic heterocycles. The van der Waals surface area contributed by atoms with Crippen LogP contribution in [0.1, 0.15) is 33.6 Å². The number of carbonyl (C=O) groups is 1. The number of hydrogen-bond donors (Lipinski definition) is 1. The summed E-state index contributed by atoms with van der Waals surface area (Å²) < 4.78 is 22.4. The third-order valence-corrected chi connectivity index (χ3v) is 4.16. The molecule has 0 bridgehead atoms. The van der Waals surface area contributed by atoms with Crippen LogP contribution >= 0.6 is 0 Å². The Morgan fingerprint density at radius 1 is 1.43 bits per heavy atom. The maximum Gasteiger partial charge on any atom is 0.330 e. The highest BCUT2D eigenvalue weighted by Gasteiger charge is 2.57. The van der Waals surface area contributed by atoms with Gasteiger partial charge in [-0.25, -0.2) is 4.79 Å². The molecule has 0 amide bonds. The molecular formula is C17H26O6. The fourth-order valence-electron chi connectivity index (χ4n) is 3.14. The molecule has 0 radical (unpaired) electrons. The number of methoxy groups -OCH3 is 1. The third-order valence-electron chi connectivity index (χ3n) is 4.16. The number of aliphatic hydroxyl groups is 1. The van der Waals surface area contributed by atoms with Gasteiger partial charge in [0.1, 0.15) is 17.8 Å². The second-order valence-electron chi connectivity index (χ2n) is 6.68. The molecule has 130 valence electrons. The normalized spacial score (nSPS) is 36.4. The van der Waals surface area contributed by atoms with E-state index < -0.39 is 29.6 Å². The molecular weight excluding hydrogens is 300 g/mol. The summed E-state index contributed by atoms with van der Waals surface area (Å²) >= 11 is 0. The van der Waals surface area contributed by atoms with Gasteiger partial charge in [-0.3, -0.25) is 0 Å². The molecule has 2 fully saturated rings. The van der Waals surface area contributed by atoms with Gasteiger partial charge < -0.3 is 24.1 Å². The predicted molar refractivity (Wildman–Crippen MR) is 83.7 cm³/mol. The maximum absolute atomic E-state index is 11.3. The Labute approximate surface area is 137 Å². The minimum Gasteiger partial charge on any atom is -0.466 e. The van der Waals surface area contributed by atoms with Crippen molar-refractivity contribution in [1.29, 1.82) is 0 Å². The molecule has 0 spiro atoms. The fraction of sp³-hybridized carbons (Fsp3) is 0.706. The van der Waals surface area contributed by atoms with Crippen LogP contribution in [0.3, 0.4) is 0 Å². The lowest BCUT2D eigenvalue weighted by Gasteiger charge is -2.42. The van der Waals surface area contributed by atoms with Gasteiger partial charge in [-0.2, -0.15) is 0 Å². The number of rotatable bonds is 5. The van der Waals surface area contributed by atoms with Crippen LogP contribution in [-0.2, 0) is 23.7 Å². The summed E-state index contributed by atoms with van der Waals surface area (Å²) in [5, 5.41) is 10.8. The van der Waals surface area contributed by atoms with Crippen LogP contribution < -0.4 is 0 Å². The smallest absolute Gasteiger partial charge is 0.330 e. The second kappa shape index (κ2) is 6.73. The van der Waals surface area contributed by atoms with Gasteiger partial charge in [-0.1, -0.05) is 11.6 Å². The lowest BCUT2D eigenvalue weighted by atomic mass is 9.84. The summed E-state index contributed by atoms with van der Waals surface area (Å²) in [7, 11) is 1.34. The standard InChI is InChI=1S/C17H26O6/c1-6-7-17(19)10-21-12(8-11(2)9-13(18)20-5)14-15(17)23-16(3,4)22-14/h6,9,12,14-15,19H,1,7-8,10H2,2-5H3/b11-9+/t12-,14-,15-,17+/m0/s1. The Bertz CT molecular complexity index is 497. The van der Waals surface area contributed by atoms with Gasteiger partial charge in [0.25, 0.3) is 0 Å². The van der Waals surface area contributed by atoms with E-state index in [9.17, 15) is 9.90 Å². The van der Waals surface area contributed by atoms with E-state index in [1.54, 1.807) is 6.08 Å². The number of ether oxygens (including phenoxy) is 4. The third kappa shape index (κ3) is 4.01. The second-order valence-corrected chi connectivity index (χ2v) is 6.68. The molecule has 2 saturated heterocycles. The lowest BCUT2D eigenvalue weighted by molar-refractivity contribution is -0.199. The zero-order valence-corrected chi connectivity index (χ0v) is 14.2. The Hall–Kier alpha value is -1.21. The molecule has 2 heterocycles. The van der Waals surface area contributed by atoms with Crippen molar-refractivity contribution in [3.63, 3.8) is 0 Å². The molecule has 6 heteroatoms. The Morgan fingerprint density at radius 3 is 2.74 bits per heavy atom. The van der Waals surface area contributed by atoms with Gasteiger partial charge in [-0.15, -0.1) is 6.58 Å². The highest BCUT2D eigenvalue weighted by molar-refractivity contribution is 5.82. The SMILES string of the molecule is C=CC[C@@]1(O)CO[C@@H](C/C(C)=C/C(=O)OC)[C@@H]2OC(C)(C)O[C@@H]21. The molecule has 1 N–H and O–H groups in total. The van der Waals surface area contributed by atoms with Crippen molar-refractivity contribution in [3.8, 4) is 0 Å². The molecule has 0 saturated carbocycles. The predicted octanol–water partition coefficient (Wildman–Crippen LogP) is 1.72. The number of esters is 1. The van der Waals surface area contributed by atoms with E-state index in [4.69, 9.17) is 14.2 Å². The molecule has 0 aromatic heterocycles. The van der Waals surface area contributed by atoms with E-state index >= 15 is 0 Å². The fourth-order valence-corrected chi connectivity index (χ4v) is 3.14.